The standard InChI is InChI=1S/C28H27N7O5/c29-24(37)13-10-18-15-23(21-6-1-2-7-22(21)33-26(38)16-8-11-20(36)12-9-16)34-35-25(18)17-4-3-5-19(14-17)27(39)40-28(30,31)32/h1-9,11-12,14-15,36H,10,13,30-32H2,(H2,29,37)(H,33,38). The molecule has 1 aromatic heterocycles. The van der Waals surface area contributed by atoms with Crippen LogP contribution in [0.1, 0.15) is 32.7 Å². The lowest BCUT2D eigenvalue weighted by atomic mass is 9.98. The van der Waals surface area contributed by atoms with Gasteiger partial charge in [0.1, 0.15) is 5.75 Å². The molecule has 3 aromatic carbocycles. The van der Waals surface area contributed by atoms with Crippen LogP contribution in [0.3, 0.4) is 0 Å². The predicted octanol–water partition coefficient (Wildman–Crippen LogP) is 1.83. The molecule has 0 aliphatic rings. The summed E-state index contributed by atoms with van der Waals surface area (Å²) in [6, 6.07) is 20.9. The Hall–Kier alpha value is -5.17. The summed E-state index contributed by atoms with van der Waals surface area (Å²) in [5.74, 6) is -3.83. The van der Waals surface area contributed by atoms with E-state index in [9.17, 15) is 19.5 Å². The zero-order valence-corrected chi connectivity index (χ0v) is 21.2. The molecule has 0 bridgehead atoms. The van der Waals surface area contributed by atoms with Crippen LogP contribution in [-0.2, 0) is 16.0 Å². The second kappa shape index (κ2) is 11.7. The van der Waals surface area contributed by atoms with E-state index in [0.717, 1.165) is 0 Å². The zero-order valence-electron chi connectivity index (χ0n) is 21.2. The topological polar surface area (TPSA) is 223 Å². The van der Waals surface area contributed by atoms with E-state index >= 15 is 0 Å². The van der Waals surface area contributed by atoms with E-state index in [1.54, 1.807) is 42.5 Å². The van der Waals surface area contributed by atoms with E-state index in [0.29, 0.717) is 39.3 Å². The number of ether oxygens (including phenoxy) is 1. The van der Waals surface area contributed by atoms with Crippen molar-refractivity contribution >= 4 is 23.5 Å². The summed E-state index contributed by atoms with van der Waals surface area (Å²) in [5.41, 5.74) is 25.0. The number of aromatic nitrogens is 2. The average molecular weight is 542 g/mol. The van der Waals surface area contributed by atoms with Gasteiger partial charge in [0.05, 0.1) is 22.6 Å². The monoisotopic (exact) mass is 541 g/mol. The van der Waals surface area contributed by atoms with Crippen molar-refractivity contribution in [2.45, 2.75) is 18.8 Å². The lowest BCUT2D eigenvalue weighted by Crippen LogP contribution is -2.61. The van der Waals surface area contributed by atoms with Gasteiger partial charge < -0.3 is 20.9 Å². The van der Waals surface area contributed by atoms with Crippen LogP contribution in [0.4, 0.5) is 5.69 Å². The molecule has 204 valence electrons. The van der Waals surface area contributed by atoms with Crippen molar-refractivity contribution < 1.29 is 24.2 Å². The number of para-hydroxylation sites is 1. The third kappa shape index (κ3) is 7.02. The summed E-state index contributed by atoms with van der Waals surface area (Å²) in [4.78, 5) is 36.9. The van der Waals surface area contributed by atoms with E-state index in [4.69, 9.17) is 27.7 Å². The Morgan fingerprint density at radius 2 is 1.60 bits per heavy atom. The summed E-state index contributed by atoms with van der Waals surface area (Å²) >= 11 is 0. The molecule has 1 heterocycles. The number of phenolic OH excluding ortho intramolecular Hbond substituents is 1. The largest absolute Gasteiger partial charge is 0.508 e. The Labute approximate surface area is 229 Å². The van der Waals surface area contributed by atoms with Gasteiger partial charge in [0.15, 0.2) is 0 Å². The maximum Gasteiger partial charge on any atom is 0.341 e. The number of phenols is 1. The summed E-state index contributed by atoms with van der Waals surface area (Å²) in [6.45, 7) is 0. The highest BCUT2D eigenvalue weighted by Gasteiger charge is 2.21. The fourth-order valence-electron chi connectivity index (χ4n) is 3.89. The minimum absolute atomic E-state index is 0.0368. The number of aryl methyl sites for hydroxylation is 1. The molecular formula is C28H27N7O5. The van der Waals surface area contributed by atoms with Gasteiger partial charge in [0.25, 0.3) is 11.9 Å². The highest BCUT2D eigenvalue weighted by atomic mass is 16.6. The van der Waals surface area contributed by atoms with Gasteiger partial charge >= 0.3 is 5.97 Å². The highest BCUT2D eigenvalue weighted by Crippen LogP contribution is 2.31. The third-order valence-electron chi connectivity index (χ3n) is 5.74. The van der Waals surface area contributed by atoms with Gasteiger partial charge in [-0.1, -0.05) is 30.3 Å². The molecule has 0 aliphatic heterocycles. The number of benzene rings is 3. The van der Waals surface area contributed by atoms with Crippen LogP contribution in [0, 0.1) is 0 Å². The molecule has 4 aromatic rings. The number of carbonyl (C=O) groups is 3. The number of hydrogen-bond donors (Lipinski definition) is 6. The van der Waals surface area contributed by atoms with Gasteiger partial charge in [0, 0.05) is 23.1 Å². The number of primary amides is 1. The molecule has 40 heavy (non-hydrogen) atoms. The molecule has 2 amide bonds. The SMILES string of the molecule is NC(=O)CCc1cc(-c2ccccc2NC(=O)c2ccc(O)cc2)nnc1-c1cccc(C(=O)OC(N)(N)N)c1. The third-order valence-corrected chi connectivity index (χ3v) is 5.74. The molecule has 0 spiro atoms. The molecular weight excluding hydrogens is 514 g/mol. The van der Waals surface area contributed by atoms with Crippen LogP contribution in [-0.4, -0.2) is 39.1 Å². The predicted molar refractivity (Wildman–Crippen MR) is 147 cm³/mol. The van der Waals surface area contributed by atoms with Gasteiger partial charge in [-0.2, -0.15) is 0 Å². The highest BCUT2D eigenvalue weighted by molar-refractivity contribution is 6.06. The maximum absolute atomic E-state index is 12.8. The minimum Gasteiger partial charge on any atom is -0.508 e. The second-order valence-electron chi connectivity index (χ2n) is 8.94. The number of carbonyl (C=O) groups excluding carboxylic acids is 3. The number of nitrogens with one attached hydrogen (secondary N) is 1. The fraction of sp³-hybridized carbons (Fsp3) is 0.107. The molecule has 0 atom stereocenters. The molecule has 0 radical (unpaired) electrons. The maximum atomic E-state index is 12.8. The van der Waals surface area contributed by atoms with Crippen LogP contribution in [0.15, 0.2) is 78.9 Å². The molecule has 4 rings (SSSR count). The van der Waals surface area contributed by atoms with E-state index in [-0.39, 0.29) is 30.1 Å². The van der Waals surface area contributed by atoms with Crippen LogP contribution in [0.5, 0.6) is 5.75 Å². The Bertz CT molecular complexity index is 1570. The lowest BCUT2D eigenvalue weighted by Gasteiger charge is -2.18. The quantitative estimate of drug-likeness (QED) is 0.133. The summed E-state index contributed by atoms with van der Waals surface area (Å²) in [6.07, 6.45) is 0.274. The van der Waals surface area contributed by atoms with E-state index < -0.39 is 17.8 Å². The Morgan fingerprint density at radius 1 is 0.875 bits per heavy atom. The van der Waals surface area contributed by atoms with Crippen molar-refractivity contribution in [1.29, 1.82) is 0 Å². The first-order valence-electron chi connectivity index (χ1n) is 12.1. The minimum atomic E-state index is -2.15. The fourth-order valence-corrected chi connectivity index (χ4v) is 3.89. The number of nitrogens with zero attached hydrogens (tertiary/aromatic N) is 2. The summed E-state index contributed by atoms with van der Waals surface area (Å²) in [7, 11) is 0. The Kier molecular flexibility index (Phi) is 8.15. The molecule has 12 heteroatoms. The molecule has 0 saturated carbocycles. The van der Waals surface area contributed by atoms with Gasteiger partial charge in [-0.25, -0.2) is 4.79 Å². The molecule has 0 unspecified atom stereocenters. The number of anilines is 1. The van der Waals surface area contributed by atoms with Crippen molar-refractivity contribution in [2.75, 3.05) is 5.32 Å². The van der Waals surface area contributed by atoms with Crippen LogP contribution in [0.25, 0.3) is 22.5 Å². The smallest absolute Gasteiger partial charge is 0.341 e. The first-order chi connectivity index (χ1) is 19.0. The number of amides is 2. The van der Waals surface area contributed by atoms with Crippen molar-refractivity contribution in [2.24, 2.45) is 22.9 Å². The number of hydrogen-bond acceptors (Lipinski definition) is 10. The number of aromatic hydroxyl groups is 1. The number of esters is 1. The molecule has 0 aliphatic carbocycles. The van der Waals surface area contributed by atoms with Gasteiger partial charge in [-0.3, -0.25) is 26.8 Å². The number of nitrogens with two attached hydrogens (primary N) is 4. The molecule has 0 saturated heterocycles. The normalized spacial score (nSPS) is 11.1. The lowest BCUT2D eigenvalue weighted by molar-refractivity contribution is -0.118. The van der Waals surface area contributed by atoms with Crippen molar-refractivity contribution in [3.63, 3.8) is 0 Å². The van der Waals surface area contributed by atoms with Crippen molar-refractivity contribution in [3.05, 3.63) is 95.6 Å². The number of rotatable bonds is 9. The van der Waals surface area contributed by atoms with Crippen LogP contribution in [0.2, 0.25) is 0 Å². The summed E-state index contributed by atoms with van der Waals surface area (Å²) in [5, 5.41) is 21.1. The van der Waals surface area contributed by atoms with E-state index in [1.807, 2.05) is 0 Å². The molecule has 0 fully saturated rings. The van der Waals surface area contributed by atoms with Gasteiger partial charge in [-0.05, 0) is 60.5 Å². The average Bonchev–Trinajstić information content (AvgIpc) is 2.91. The van der Waals surface area contributed by atoms with Gasteiger partial charge in [-0.15, -0.1) is 10.2 Å². The zero-order chi connectivity index (χ0) is 28.9. The molecule has 12 nitrogen and oxygen atoms in total. The Balaban J connectivity index is 1.71. The summed E-state index contributed by atoms with van der Waals surface area (Å²) < 4.78 is 4.83. The van der Waals surface area contributed by atoms with Crippen LogP contribution < -0.4 is 28.3 Å². The Morgan fingerprint density at radius 3 is 2.30 bits per heavy atom. The molecule has 10 N–H and O–H groups in total. The van der Waals surface area contributed by atoms with E-state index in [1.165, 1.54) is 36.4 Å². The van der Waals surface area contributed by atoms with Gasteiger partial charge in [0.2, 0.25) is 5.91 Å². The van der Waals surface area contributed by atoms with Crippen molar-refractivity contribution in [3.8, 4) is 28.3 Å². The van der Waals surface area contributed by atoms with Crippen molar-refractivity contribution in [1.82, 2.24) is 10.2 Å². The van der Waals surface area contributed by atoms with Crippen LogP contribution >= 0.6 is 0 Å². The first-order valence-corrected chi connectivity index (χ1v) is 12.1. The first kappa shape index (κ1) is 27.9. The second-order valence-corrected chi connectivity index (χ2v) is 8.94. The van der Waals surface area contributed by atoms with E-state index in [2.05, 4.69) is 15.5 Å².